The minimum absolute atomic E-state index is 1.14. The van der Waals surface area contributed by atoms with Crippen molar-refractivity contribution < 1.29 is 0 Å². The van der Waals surface area contributed by atoms with Gasteiger partial charge in [0.1, 0.15) is 0 Å². The molecule has 0 atom stereocenters. The van der Waals surface area contributed by atoms with Gasteiger partial charge in [-0.15, -0.1) is 0 Å². The van der Waals surface area contributed by atoms with Crippen molar-refractivity contribution in [1.29, 1.82) is 0 Å². The zero-order chi connectivity index (χ0) is 12.0. The van der Waals surface area contributed by atoms with Gasteiger partial charge in [0.15, 0.2) is 0 Å². The van der Waals surface area contributed by atoms with Crippen LogP contribution in [-0.4, -0.2) is 0 Å². The van der Waals surface area contributed by atoms with Gasteiger partial charge >= 0.3 is 0 Å². The van der Waals surface area contributed by atoms with Crippen LogP contribution in [0.4, 0.5) is 0 Å². The van der Waals surface area contributed by atoms with Crippen molar-refractivity contribution in [3.63, 3.8) is 0 Å². The van der Waals surface area contributed by atoms with Crippen molar-refractivity contribution in [3.8, 4) is 0 Å². The van der Waals surface area contributed by atoms with E-state index in [1.807, 2.05) is 0 Å². The second kappa shape index (κ2) is 6.52. The molecule has 0 aromatic heterocycles. The normalized spacial score (nSPS) is 11.9. The first-order valence-electron chi connectivity index (χ1n) is 6.43. The molecule has 0 aliphatic rings. The maximum atomic E-state index is 2.37. The molecule has 1 aromatic rings. The molecule has 1 aromatic carbocycles. The van der Waals surface area contributed by atoms with E-state index in [-0.39, 0.29) is 0 Å². The lowest BCUT2D eigenvalue weighted by molar-refractivity contribution is 0.873. The van der Waals surface area contributed by atoms with Gasteiger partial charge in [0.25, 0.3) is 0 Å². The van der Waals surface area contributed by atoms with E-state index in [1.165, 1.54) is 36.0 Å². The van der Waals surface area contributed by atoms with Crippen LogP contribution >= 0.6 is 0 Å². The molecule has 1 rings (SSSR count). The van der Waals surface area contributed by atoms with Crippen LogP contribution in [0.15, 0.2) is 29.8 Å². The first-order chi connectivity index (χ1) is 7.71. The van der Waals surface area contributed by atoms with E-state index in [9.17, 15) is 0 Å². The van der Waals surface area contributed by atoms with E-state index in [1.54, 1.807) is 5.57 Å². The van der Waals surface area contributed by atoms with Gasteiger partial charge in [-0.3, -0.25) is 0 Å². The smallest absolute Gasteiger partial charge is 0.0239 e. The van der Waals surface area contributed by atoms with Crippen molar-refractivity contribution in [2.75, 3.05) is 0 Å². The van der Waals surface area contributed by atoms with E-state index in [0.717, 1.165) is 6.42 Å². The second-order valence-corrected chi connectivity index (χ2v) is 4.41. The third kappa shape index (κ3) is 3.52. The van der Waals surface area contributed by atoms with Crippen molar-refractivity contribution >= 4 is 0 Å². The van der Waals surface area contributed by atoms with Gasteiger partial charge in [-0.05, 0) is 56.2 Å². The van der Waals surface area contributed by atoms with Crippen molar-refractivity contribution in [3.05, 3.63) is 46.5 Å². The highest BCUT2D eigenvalue weighted by molar-refractivity contribution is 5.31. The lowest BCUT2D eigenvalue weighted by Gasteiger charge is -2.09. The third-order valence-electron chi connectivity index (χ3n) is 3.40. The van der Waals surface area contributed by atoms with Gasteiger partial charge in [-0.25, -0.2) is 0 Å². The molecular formula is C16H24. The van der Waals surface area contributed by atoms with Crippen LogP contribution in [0, 0.1) is 6.92 Å². The van der Waals surface area contributed by atoms with Gasteiger partial charge in [-0.2, -0.15) is 0 Å². The number of hydrogen-bond donors (Lipinski definition) is 0. The zero-order valence-corrected chi connectivity index (χ0v) is 11.1. The molecule has 0 saturated carbocycles. The Labute approximate surface area is 100 Å². The predicted molar refractivity (Wildman–Crippen MR) is 72.9 cm³/mol. The molecular weight excluding hydrogens is 192 g/mol. The topological polar surface area (TPSA) is 0 Å². The Morgan fingerprint density at radius 2 is 2.00 bits per heavy atom. The fourth-order valence-corrected chi connectivity index (χ4v) is 2.03. The van der Waals surface area contributed by atoms with E-state index >= 15 is 0 Å². The Morgan fingerprint density at radius 1 is 1.25 bits per heavy atom. The average molecular weight is 216 g/mol. The van der Waals surface area contributed by atoms with E-state index in [4.69, 9.17) is 0 Å². The van der Waals surface area contributed by atoms with Crippen molar-refractivity contribution in [2.45, 2.75) is 53.4 Å². The molecule has 0 heteroatoms. The van der Waals surface area contributed by atoms with Gasteiger partial charge in [0.05, 0.1) is 0 Å². The molecule has 0 unspecified atom stereocenters. The Kier molecular flexibility index (Phi) is 5.31. The SMILES string of the molecule is C/C=C(/CC)CCc1cc(CC)ccc1C. The molecule has 0 amide bonds. The van der Waals surface area contributed by atoms with Gasteiger partial charge < -0.3 is 0 Å². The molecule has 0 fully saturated rings. The summed E-state index contributed by atoms with van der Waals surface area (Å²) in [7, 11) is 0. The van der Waals surface area contributed by atoms with Crippen LogP contribution in [0.25, 0.3) is 0 Å². The average Bonchev–Trinajstić information content (AvgIpc) is 2.32. The summed E-state index contributed by atoms with van der Waals surface area (Å²) < 4.78 is 0. The number of rotatable bonds is 5. The minimum Gasteiger partial charge on any atom is -0.0885 e. The Bertz CT molecular complexity index is 358. The highest BCUT2D eigenvalue weighted by Crippen LogP contribution is 2.17. The lowest BCUT2D eigenvalue weighted by atomic mass is 9.97. The molecule has 0 heterocycles. The summed E-state index contributed by atoms with van der Waals surface area (Å²) in [5, 5.41) is 0. The zero-order valence-electron chi connectivity index (χ0n) is 11.1. The molecule has 0 bridgehead atoms. The molecule has 0 radical (unpaired) electrons. The number of benzene rings is 1. The van der Waals surface area contributed by atoms with Crippen LogP contribution in [0.3, 0.4) is 0 Å². The van der Waals surface area contributed by atoms with E-state index in [2.05, 4.69) is 52.0 Å². The molecule has 0 saturated heterocycles. The molecule has 0 aliphatic carbocycles. The van der Waals surface area contributed by atoms with Crippen molar-refractivity contribution in [2.24, 2.45) is 0 Å². The molecule has 0 aliphatic heterocycles. The molecule has 0 nitrogen and oxygen atoms in total. The van der Waals surface area contributed by atoms with E-state index < -0.39 is 0 Å². The Balaban J connectivity index is 2.72. The molecule has 0 spiro atoms. The van der Waals surface area contributed by atoms with Crippen LogP contribution < -0.4 is 0 Å². The van der Waals surface area contributed by atoms with Gasteiger partial charge in [-0.1, -0.05) is 43.7 Å². The fourth-order valence-electron chi connectivity index (χ4n) is 2.03. The third-order valence-corrected chi connectivity index (χ3v) is 3.40. The lowest BCUT2D eigenvalue weighted by Crippen LogP contribution is -1.94. The van der Waals surface area contributed by atoms with Crippen molar-refractivity contribution in [1.82, 2.24) is 0 Å². The molecule has 88 valence electrons. The monoisotopic (exact) mass is 216 g/mol. The summed E-state index contributed by atoms with van der Waals surface area (Å²) in [4.78, 5) is 0. The summed E-state index contributed by atoms with van der Waals surface area (Å²) >= 11 is 0. The molecule has 16 heavy (non-hydrogen) atoms. The fraction of sp³-hybridized carbons (Fsp3) is 0.500. The van der Waals surface area contributed by atoms with Crippen LogP contribution in [0.2, 0.25) is 0 Å². The Morgan fingerprint density at radius 3 is 2.56 bits per heavy atom. The minimum atomic E-state index is 1.14. The standard InChI is InChI=1S/C16H24/c1-5-14(6-2)10-11-16-12-15(7-3)9-8-13(16)4/h5,8-9,12H,6-7,10-11H2,1-4H3/b14-5-. The summed E-state index contributed by atoms with van der Waals surface area (Å²) in [6.07, 6.45) is 6.98. The molecule has 0 N–H and O–H groups in total. The highest BCUT2D eigenvalue weighted by atomic mass is 14.1. The summed E-state index contributed by atoms with van der Waals surface area (Å²) in [6, 6.07) is 6.88. The summed E-state index contributed by atoms with van der Waals surface area (Å²) in [5.74, 6) is 0. The first kappa shape index (κ1) is 13.0. The second-order valence-electron chi connectivity index (χ2n) is 4.41. The number of allylic oxidation sites excluding steroid dienone is 2. The maximum Gasteiger partial charge on any atom is -0.0239 e. The highest BCUT2D eigenvalue weighted by Gasteiger charge is 2.01. The number of aryl methyl sites for hydroxylation is 3. The first-order valence-corrected chi connectivity index (χ1v) is 6.43. The predicted octanol–water partition coefficient (Wildman–Crippen LogP) is 4.85. The van der Waals surface area contributed by atoms with Gasteiger partial charge in [0.2, 0.25) is 0 Å². The maximum absolute atomic E-state index is 2.37. The van der Waals surface area contributed by atoms with Crippen LogP contribution in [-0.2, 0) is 12.8 Å². The number of hydrogen-bond acceptors (Lipinski definition) is 0. The quantitative estimate of drug-likeness (QED) is 0.617. The van der Waals surface area contributed by atoms with E-state index in [0.29, 0.717) is 0 Å². The van der Waals surface area contributed by atoms with Crippen LogP contribution in [0.5, 0.6) is 0 Å². The Hall–Kier alpha value is -1.04. The summed E-state index contributed by atoms with van der Waals surface area (Å²) in [6.45, 7) is 8.83. The van der Waals surface area contributed by atoms with Crippen LogP contribution in [0.1, 0.15) is 50.3 Å². The van der Waals surface area contributed by atoms with Gasteiger partial charge in [0, 0.05) is 0 Å². The largest absolute Gasteiger partial charge is 0.0885 e. The summed E-state index contributed by atoms with van der Waals surface area (Å²) in [5.41, 5.74) is 5.98.